The molecule has 1 saturated heterocycles. The molecule has 0 saturated carbocycles. The molecule has 22 nitrogen and oxygen atoms in total. The second-order valence-corrected chi connectivity index (χ2v) is 15.3. The number of unbranched alkanes of at least 4 members (excludes halogenated alkanes) is 6. The maximum Gasteiger partial charge on any atom is 1.00 e. The van der Waals surface area contributed by atoms with Crippen LogP contribution < -0.4 is 55.9 Å². The Bertz CT molecular complexity index is 1820. The summed E-state index contributed by atoms with van der Waals surface area (Å²) in [6.45, 7) is 1.19. The maximum absolute atomic E-state index is 11.9. The maximum atomic E-state index is 11.9. The normalized spacial score (nSPS) is 14.2. The largest absolute Gasteiger partial charge is 1.00 e. The number of hydrogen-bond donors (Lipinski definition) is 4. The Morgan fingerprint density at radius 3 is 1.56 bits per heavy atom. The number of nitro benzene ring substituents is 1. The molecule has 4 N–H and O–H groups in total. The molecule has 376 valence electrons. The van der Waals surface area contributed by atoms with Crippen molar-refractivity contribution in [3.63, 3.8) is 0 Å². The number of nitrogens with zero attached hydrogens (tertiary/aromatic N) is 4. The van der Waals surface area contributed by atoms with Crippen molar-refractivity contribution >= 4 is 95.3 Å². The minimum atomic E-state index is -0.733. The van der Waals surface area contributed by atoms with Gasteiger partial charge < -0.3 is 26.4 Å². The first-order valence-electron chi connectivity index (χ1n) is 20.7. The van der Waals surface area contributed by atoms with Crippen molar-refractivity contribution in [2.45, 2.75) is 101 Å². The third-order valence-electron chi connectivity index (χ3n) is 9.19. The van der Waals surface area contributed by atoms with Gasteiger partial charge in [0.05, 0.1) is 22.2 Å². The summed E-state index contributed by atoms with van der Waals surface area (Å²) in [7, 11) is 4.72. The molecule has 0 bridgehead atoms. The van der Waals surface area contributed by atoms with E-state index in [9.17, 15) is 58.5 Å². The Morgan fingerprint density at radius 1 is 0.750 bits per heavy atom. The Balaban J connectivity index is -0.000000925. The number of rotatable bonds is 24. The van der Waals surface area contributed by atoms with E-state index in [1.54, 1.807) is 20.4 Å². The smallest absolute Gasteiger partial charge is 0.691 e. The van der Waals surface area contributed by atoms with Gasteiger partial charge in [0.2, 0.25) is 29.4 Å². The molecule has 1 aromatic rings. The molecule has 3 aliphatic rings. The fourth-order valence-corrected chi connectivity index (χ4v) is 6.84. The van der Waals surface area contributed by atoms with Crippen molar-refractivity contribution in [2.24, 2.45) is 5.73 Å². The molecular formula is C42H64N7NaO15S3. The van der Waals surface area contributed by atoms with Crippen LogP contribution in [-0.2, 0) is 52.5 Å². The van der Waals surface area contributed by atoms with E-state index in [0.717, 1.165) is 49.5 Å². The molecule has 0 radical (unpaired) electrons. The summed E-state index contributed by atoms with van der Waals surface area (Å²) in [6.07, 6.45) is 16.2. The summed E-state index contributed by atoms with van der Waals surface area (Å²) >= 11 is 5.44. The van der Waals surface area contributed by atoms with Crippen molar-refractivity contribution in [2.75, 3.05) is 53.3 Å². The minimum absolute atomic E-state index is 0. The van der Waals surface area contributed by atoms with Gasteiger partial charge in [-0.05, 0) is 70.2 Å². The number of likely N-dealkylation sites (tertiary alicyclic amines) is 1. The van der Waals surface area contributed by atoms with Gasteiger partial charge in [-0.25, -0.2) is 0 Å². The Labute approximate surface area is 433 Å². The number of esters is 1. The molecule has 0 aliphatic carbocycles. The van der Waals surface area contributed by atoms with Gasteiger partial charge in [-0.2, -0.15) is 28.7 Å². The van der Waals surface area contributed by atoms with Crippen molar-refractivity contribution < 1.29 is 97.0 Å². The Hall–Kier alpha value is -4.18. The number of nitro groups is 1. The number of thioether (sulfide) groups is 1. The molecule has 3 aliphatic heterocycles. The number of hydrogen-bond acceptors (Lipinski definition) is 19. The van der Waals surface area contributed by atoms with Gasteiger partial charge in [0.25, 0.3) is 23.6 Å². The third kappa shape index (κ3) is 26.5. The summed E-state index contributed by atoms with van der Waals surface area (Å²) in [4.78, 5) is 117. The SMILES string of the molecule is C.CN.CNC(=O)CCCCCN1C(=O)C=CC1=O.CNC(=O)CCCCCN1C(=O)CC(SC)C1=O.CS.O=C(CCCCCN1C(=O)C=CC1=O)Oc1ccc(SOO[O-])cc1[N+](=O)[O-].[Na+]. The van der Waals surface area contributed by atoms with Crippen LogP contribution in [0.25, 0.3) is 0 Å². The van der Waals surface area contributed by atoms with Crippen LogP contribution in [0.4, 0.5) is 5.69 Å². The molecule has 1 aromatic carbocycles. The van der Waals surface area contributed by atoms with Crippen LogP contribution in [0, 0.1) is 10.1 Å². The quantitative estimate of drug-likeness (QED) is 0.0101. The van der Waals surface area contributed by atoms with Crippen LogP contribution >= 0.6 is 36.4 Å². The topological polar surface area (TPSA) is 307 Å². The molecule has 0 aromatic heterocycles. The van der Waals surface area contributed by atoms with Gasteiger partial charge in [-0.1, -0.05) is 26.7 Å². The second-order valence-electron chi connectivity index (χ2n) is 13.5. The van der Waals surface area contributed by atoms with Crippen LogP contribution in [0.15, 0.2) is 47.4 Å². The van der Waals surface area contributed by atoms with E-state index in [4.69, 9.17) is 4.74 Å². The average molecular weight is 1030 g/mol. The first-order valence-corrected chi connectivity index (χ1v) is 23.6. The van der Waals surface area contributed by atoms with Crippen LogP contribution in [0.2, 0.25) is 0 Å². The number of thiol groups is 1. The zero-order valence-corrected chi connectivity index (χ0v) is 43.2. The molecule has 1 atom stereocenters. The number of carbonyl (C=O) groups is 9. The van der Waals surface area contributed by atoms with E-state index in [1.807, 2.05) is 6.26 Å². The van der Waals surface area contributed by atoms with E-state index in [-0.39, 0.29) is 113 Å². The van der Waals surface area contributed by atoms with Gasteiger partial charge in [-0.3, -0.25) is 73.0 Å². The molecule has 68 heavy (non-hydrogen) atoms. The number of amides is 8. The van der Waals surface area contributed by atoms with Crippen molar-refractivity contribution in [3.8, 4) is 5.75 Å². The van der Waals surface area contributed by atoms with Crippen molar-refractivity contribution in [1.29, 1.82) is 0 Å². The fourth-order valence-electron chi connectivity index (χ4n) is 5.81. The van der Waals surface area contributed by atoms with Gasteiger partial charge in [0.1, 0.15) is 0 Å². The Kier molecular flexibility index (Phi) is 40.7. The van der Waals surface area contributed by atoms with Crippen LogP contribution in [0.5, 0.6) is 5.75 Å². The fraction of sp³-hybridized carbons (Fsp3) is 0.548. The predicted octanol–water partition coefficient (Wildman–Crippen LogP) is -0.0217. The number of imide groups is 3. The van der Waals surface area contributed by atoms with Gasteiger partial charge in [-0.15, -0.1) is 0 Å². The van der Waals surface area contributed by atoms with Crippen LogP contribution in [0.3, 0.4) is 0 Å². The molecule has 4 rings (SSSR count). The number of nitrogens with two attached hydrogens (primary N) is 1. The monoisotopic (exact) mass is 1030 g/mol. The standard InChI is InChI=1S/C16H16N2O9S.C12H20N2O3S.C11H16N2O3.CH5N.CH4S.CH4.Na/c19-14-7-8-15(20)17(14)9-3-1-2-4-16(21)25-13-6-5-11(28-27-26-24)10-12(13)18(22)23;1-13-10(15)6-4-3-5-7-14-11(16)8-9(18-2)12(14)17;1-12-9(14)5-3-2-4-8-13-10(15)6-7-11(13)16;2*1-2;;/h5-8,10,24H,1-4,9H2;9H,3-8H2,1-2H3,(H,13,15);6-7H,2-5,8H2,1H3,(H,12,14);2H2,1H3;2H,1H3;1H4;/q;;;;;;+1/p-1. The van der Waals surface area contributed by atoms with E-state index in [2.05, 4.69) is 38.4 Å². The van der Waals surface area contributed by atoms with Crippen LogP contribution in [-0.4, -0.2) is 131 Å². The summed E-state index contributed by atoms with van der Waals surface area (Å²) in [5.74, 6) is -2.15. The van der Waals surface area contributed by atoms with E-state index < -0.39 is 16.6 Å². The minimum Gasteiger partial charge on any atom is -0.691 e. The van der Waals surface area contributed by atoms with Gasteiger partial charge in [0.15, 0.2) is 0 Å². The summed E-state index contributed by atoms with van der Waals surface area (Å²) in [5.41, 5.74) is 4.03. The number of nitrogens with one attached hydrogen (secondary N) is 2. The zero-order chi connectivity index (χ0) is 50.0. The summed E-state index contributed by atoms with van der Waals surface area (Å²) in [5, 5.41) is 29.0. The molecule has 1 unspecified atom stereocenters. The van der Waals surface area contributed by atoms with Gasteiger partial charge in [0, 0.05) is 94.7 Å². The van der Waals surface area contributed by atoms with Crippen LogP contribution in [0.1, 0.15) is 90.9 Å². The molecule has 3 heterocycles. The van der Waals surface area contributed by atoms with E-state index in [0.29, 0.717) is 63.7 Å². The summed E-state index contributed by atoms with van der Waals surface area (Å²) < 4.78 is 9.11. The van der Waals surface area contributed by atoms with E-state index in [1.165, 1.54) is 65.0 Å². The average Bonchev–Trinajstić information content (AvgIpc) is 3.93. The Morgan fingerprint density at radius 2 is 1.18 bits per heavy atom. The third-order valence-corrected chi connectivity index (χ3v) is 10.7. The molecular weight excluding hydrogens is 962 g/mol. The first kappa shape index (κ1) is 68.1. The van der Waals surface area contributed by atoms with Crippen molar-refractivity contribution in [1.82, 2.24) is 25.3 Å². The number of ether oxygens (including phenoxy) is 1. The van der Waals surface area contributed by atoms with E-state index >= 15 is 0 Å². The molecule has 26 heteroatoms. The second kappa shape index (κ2) is 40.7. The zero-order valence-electron chi connectivity index (χ0n) is 38.7. The summed E-state index contributed by atoms with van der Waals surface area (Å²) in [6, 6.07) is 3.64. The predicted molar refractivity (Wildman–Crippen MR) is 252 cm³/mol. The number of benzene rings is 1. The van der Waals surface area contributed by atoms with Crippen molar-refractivity contribution in [3.05, 3.63) is 52.6 Å². The molecule has 1 fully saturated rings. The molecule has 8 amide bonds. The first-order chi connectivity index (χ1) is 31.7. The van der Waals surface area contributed by atoms with Gasteiger partial charge >= 0.3 is 41.2 Å². The molecule has 0 spiro atoms. The number of carbonyl (C=O) groups excluding carboxylic acids is 9.